The zero-order valence-electron chi connectivity index (χ0n) is 12.8. The maximum atomic E-state index is 10.2. The second-order valence-corrected chi connectivity index (χ2v) is 6.35. The van der Waals surface area contributed by atoms with E-state index in [1.165, 1.54) is 5.56 Å². The van der Waals surface area contributed by atoms with Gasteiger partial charge in [-0.05, 0) is 33.4 Å². The van der Waals surface area contributed by atoms with Crippen LogP contribution in [0.1, 0.15) is 33.3 Å². The molecule has 2 N–H and O–H groups in total. The highest BCUT2D eigenvalue weighted by Crippen LogP contribution is 2.41. The van der Waals surface area contributed by atoms with Gasteiger partial charge in [0.15, 0.2) is 11.5 Å². The van der Waals surface area contributed by atoms with Crippen LogP contribution in [0, 0.1) is 0 Å². The van der Waals surface area contributed by atoms with Gasteiger partial charge in [-0.25, -0.2) is 0 Å². The number of hydrogen-bond acceptors (Lipinski definition) is 4. The van der Waals surface area contributed by atoms with E-state index in [9.17, 15) is 5.11 Å². The zero-order chi connectivity index (χ0) is 14.8. The minimum absolute atomic E-state index is 0.186. The lowest BCUT2D eigenvalue weighted by atomic mass is 10.0. The van der Waals surface area contributed by atoms with E-state index in [4.69, 9.17) is 9.47 Å². The Labute approximate surface area is 121 Å². The van der Waals surface area contributed by atoms with Crippen LogP contribution >= 0.6 is 0 Å². The zero-order valence-corrected chi connectivity index (χ0v) is 12.8. The molecule has 2 rings (SSSR count). The fourth-order valence-electron chi connectivity index (χ4n) is 2.38. The molecule has 112 valence electrons. The maximum absolute atomic E-state index is 10.2. The third kappa shape index (κ3) is 3.64. The van der Waals surface area contributed by atoms with Crippen LogP contribution in [0.25, 0.3) is 0 Å². The van der Waals surface area contributed by atoms with Gasteiger partial charge in [0.2, 0.25) is 0 Å². The summed E-state index contributed by atoms with van der Waals surface area (Å²) in [7, 11) is 0. The van der Waals surface area contributed by atoms with Crippen molar-refractivity contribution in [3.63, 3.8) is 0 Å². The molecule has 0 saturated carbocycles. The van der Waals surface area contributed by atoms with Crippen LogP contribution in [-0.2, 0) is 6.42 Å². The van der Waals surface area contributed by atoms with Crippen molar-refractivity contribution in [2.45, 2.75) is 45.3 Å². The highest BCUT2D eigenvalue weighted by molar-refractivity contribution is 5.50. The summed E-state index contributed by atoms with van der Waals surface area (Å²) in [6.07, 6.45) is 0.882. The summed E-state index contributed by atoms with van der Waals surface area (Å²) in [6, 6.07) is 5.93. The van der Waals surface area contributed by atoms with Gasteiger partial charge in [-0.3, -0.25) is 0 Å². The number of aliphatic hydroxyl groups is 1. The molecule has 1 atom stereocenters. The number of ether oxygens (including phenoxy) is 2. The summed E-state index contributed by atoms with van der Waals surface area (Å²) >= 11 is 0. The number of likely N-dealkylation sites (N-methyl/N-ethyl adjacent to an activating group) is 1. The van der Waals surface area contributed by atoms with Gasteiger partial charge in [0.25, 0.3) is 0 Å². The molecule has 0 fully saturated rings. The van der Waals surface area contributed by atoms with Crippen molar-refractivity contribution in [1.82, 2.24) is 5.32 Å². The topological polar surface area (TPSA) is 50.7 Å². The number of fused-ring (bicyclic) bond motifs is 1. The van der Waals surface area contributed by atoms with E-state index < -0.39 is 5.60 Å². The van der Waals surface area contributed by atoms with Crippen molar-refractivity contribution in [1.29, 1.82) is 0 Å². The van der Waals surface area contributed by atoms with E-state index in [2.05, 4.69) is 25.2 Å². The summed E-state index contributed by atoms with van der Waals surface area (Å²) in [5, 5.41) is 13.4. The SMILES string of the molecule is CCNCC(C)(O)COc1cccc2c1OC(C)(C)C2. The highest BCUT2D eigenvalue weighted by Gasteiger charge is 2.32. The molecule has 0 radical (unpaired) electrons. The van der Waals surface area contributed by atoms with E-state index in [0.717, 1.165) is 18.7 Å². The molecule has 20 heavy (non-hydrogen) atoms. The standard InChI is InChI=1S/C16H25NO3/c1-5-17-10-16(4,18)11-19-13-8-6-7-12-9-15(2,3)20-14(12)13/h6-8,17-18H,5,9-11H2,1-4H3. The Morgan fingerprint density at radius 1 is 1.45 bits per heavy atom. The molecule has 1 unspecified atom stereocenters. The summed E-state index contributed by atoms with van der Waals surface area (Å²) in [4.78, 5) is 0. The Morgan fingerprint density at radius 2 is 2.20 bits per heavy atom. The monoisotopic (exact) mass is 279 g/mol. The van der Waals surface area contributed by atoms with Crippen LogP contribution < -0.4 is 14.8 Å². The number of hydrogen-bond donors (Lipinski definition) is 2. The summed E-state index contributed by atoms with van der Waals surface area (Å²) in [5.41, 5.74) is 0.0832. The van der Waals surface area contributed by atoms with E-state index >= 15 is 0 Å². The van der Waals surface area contributed by atoms with Crippen LogP contribution in [-0.4, -0.2) is 36.0 Å². The minimum Gasteiger partial charge on any atom is -0.487 e. The normalized spacial score (nSPS) is 19.1. The summed E-state index contributed by atoms with van der Waals surface area (Å²) in [6.45, 7) is 9.48. The van der Waals surface area contributed by atoms with Gasteiger partial charge in [-0.2, -0.15) is 0 Å². The molecule has 1 aliphatic rings. The highest BCUT2D eigenvalue weighted by atomic mass is 16.5. The van der Waals surface area contributed by atoms with Crippen LogP contribution in [0.5, 0.6) is 11.5 Å². The predicted octanol–water partition coefficient (Wildman–Crippen LogP) is 2.14. The van der Waals surface area contributed by atoms with Crippen molar-refractivity contribution in [3.05, 3.63) is 23.8 Å². The first kappa shape index (κ1) is 15.1. The van der Waals surface area contributed by atoms with E-state index in [-0.39, 0.29) is 12.2 Å². The fourth-order valence-corrected chi connectivity index (χ4v) is 2.38. The van der Waals surface area contributed by atoms with Crippen molar-refractivity contribution in [3.8, 4) is 11.5 Å². The lowest BCUT2D eigenvalue weighted by molar-refractivity contribution is 0.0111. The molecule has 4 heteroatoms. The lowest BCUT2D eigenvalue weighted by Crippen LogP contribution is -2.42. The second-order valence-electron chi connectivity index (χ2n) is 6.35. The third-order valence-electron chi connectivity index (χ3n) is 3.35. The van der Waals surface area contributed by atoms with Crippen LogP contribution in [0.15, 0.2) is 18.2 Å². The van der Waals surface area contributed by atoms with Crippen LogP contribution in [0.3, 0.4) is 0 Å². The molecule has 0 bridgehead atoms. The fraction of sp³-hybridized carbons (Fsp3) is 0.625. The molecule has 1 aliphatic heterocycles. The molecule has 1 heterocycles. The van der Waals surface area contributed by atoms with Crippen molar-refractivity contribution in [2.75, 3.05) is 19.7 Å². The summed E-state index contributed by atoms with van der Waals surface area (Å²) in [5.74, 6) is 1.53. The lowest BCUT2D eigenvalue weighted by Gasteiger charge is -2.24. The Hall–Kier alpha value is -1.26. The third-order valence-corrected chi connectivity index (χ3v) is 3.35. The van der Waals surface area contributed by atoms with Crippen molar-refractivity contribution in [2.24, 2.45) is 0 Å². The van der Waals surface area contributed by atoms with Gasteiger partial charge in [0.1, 0.15) is 17.8 Å². The average molecular weight is 279 g/mol. The molecule has 0 aliphatic carbocycles. The van der Waals surface area contributed by atoms with Gasteiger partial charge >= 0.3 is 0 Å². The molecular weight excluding hydrogens is 254 g/mol. The Balaban J connectivity index is 2.04. The van der Waals surface area contributed by atoms with Gasteiger partial charge in [-0.1, -0.05) is 19.1 Å². The first-order chi connectivity index (χ1) is 9.33. The molecular formula is C16H25NO3. The van der Waals surface area contributed by atoms with Crippen LogP contribution in [0.4, 0.5) is 0 Å². The Kier molecular flexibility index (Phi) is 4.25. The molecule has 0 spiro atoms. The molecule has 1 aromatic rings. The Morgan fingerprint density at radius 3 is 2.90 bits per heavy atom. The predicted molar refractivity (Wildman–Crippen MR) is 79.5 cm³/mol. The molecule has 4 nitrogen and oxygen atoms in total. The van der Waals surface area contributed by atoms with Crippen molar-refractivity contribution < 1.29 is 14.6 Å². The van der Waals surface area contributed by atoms with Crippen LogP contribution in [0.2, 0.25) is 0 Å². The second kappa shape index (κ2) is 5.62. The first-order valence-electron chi connectivity index (χ1n) is 7.20. The van der Waals surface area contributed by atoms with E-state index in [1.807, 2.05) is 19.1 Å². The average Bonchev–Trinajstić information content (AvgIpc) is 2.68. The number of rotatable bonds is 6. The first-order valence-corrected chi connectivity index (χ1v) is 7.20. The van der Waals surface area contributed by atoms with E-state index in [0.29, 0.717) is 12.3 Å². The number of nitrogens with one attached hydrogen (secondary N) is 1. The molecule has 0 aromatic heterocycles. The van der Waals surface area contributed by atoms with Gasteiger partial charge in [0.05, 0.1) is 0 Å². The summed E-state index contributed by atoms with van der Waals surface area (Å²) < 4.78 is 11.7. The van der Waals surface area contributed by atoms with Crippen molar-refractivity contribution >= 4 is 0 Å². The van der Waals surface area contributed by atoms with E-state index in [1.54, 1.807) is 6.92 Å². The number of para-hydroxylation sites is 1. The largest absolute Gasteiger partial charge is 0.487 e. The Bertz CT molecular complexity index is 469. The van der Waals surface area contributed by atoms with Gasteiger partial charge in [-0.15, -0.1) is 0 Å². The van der Waals surface area contributed by atoms with Gasteiger partial charge in [0, 0.05) is 18.5 Å². The smallest absolute Gasteiger partial charge is 0.165 e. The maximum Gasteiger partial charge on any atom is 0.165 e. The number of benzene rings is 1. The molecule has 0 amide bonds. The quantitative estimate of drug-likeness (QED) is 0.837. The molecule has 0 saturated heterocycles. The van der Waals surface area contributed by atoms with Gasteiger partial charge < -0.3 is 19.9 Å². The molecule has 1 aromatic carbocycles. The minimum atomic E-state index is -0.896.